The number of carbonyl (C=O) groups excluding carboxylic acids is 2. The number of nitrogens with zero attached hydrogens (tertiary/aromatic N) is 2. The van der Waals surface area contributed by atoms with Gasteiger partial charge in [-0.3, -0.25) is 19.4 Å². The maximum Gasteiger partial charge on any atom is 0.238 e. The summed E-state index contributed by atoms with van der Waals surface area (Å²) >= 11 is 0. The maximum atomic E-state index is 12.5. The molecule has 1 fully saturated rings. The van der Waals surface area contributed by atoms with Gasteiger partial charge in [-0.1, -0.05) is 32.9 Å². The molecule has 2 amide bonds. The summed E-state index contributed by atoms with van der Waals surface area (Å²) in [4.78, 5) is 29.0. The topological polar surface area (TPSA) is 64.7 Å². The summed E-state index contributed by atoms with van der Waals surface area (Å²) in [5, 5.41) is 6.01. The zero-order valence-corrected chi connectivity index (χ0v) is 19.0. The molecule has 1 aliphatic rings. The molecule has 0 saturated carbocycles. The summed E-state index contributed by atoms with van der Waals surface area (Å²) in [7, 11) is 0. The minimum absolute atomic E-state index is 0.00688. The van der Waals surface area contributed by atoms with Crippen LogP contribution >= 0.6 is 0 Å². The fourth-order valence-electron chi connectivity index (χ4n) is 3.46. The monoisotopic (exact) mass is 402 g/mol. The molecule has 1 aromatic rings. The van der Waals surface area contributed by atoms with E-state index in [-0.39, 0.29) is 22.8 Å². The predicted molar refractivity (Wildman–Crippen MR) is 119 cm³/mol. The van der Waals surface area contributed by atoms with Crippen LogP contribution in [0.2, 0.25) is 0 Å². The van der Waals surface area contributed by atoms with Gasteiger partial charge < -0.3 is 10.6 Å². The molecule has 0 atom stereocenters. The Morgan fingerprint density at radius 2 is 1.34 bits per heavy atom. The summed E-state index contributed by atoms with van der Waals surface area (Å²) in [5.74, 6) is 0.0647. The third kappa shape index (κ3) is 8.54. The highest BCUT2D eigenvalue weighted by Gasteiger charge is 2.21. The first-order valence-corrected chi connectivity index (χ1v) is 10.6. The molecule has 2 rings (SSSR count). The molecule has 0 bridgehead atoms. The molecule has 1 aliphatic heterocycles. The SMILES string of the molecule is CC(C)(C)NC(=O)CN1CCCN(CC(=O)Nc2ccc(C(C)(C)C)cc2)CC1. The average molecular weight is 403 g/mol. The van der Waals surface area contributed by atoms with E-state index >= 15 is 0 Å². The smallest absolute Gasteiger partial charge is 0.238 e. The second-order valence-corrected chi connectivity index (χ2v) is 10.1. The van der Waals surface area contributed by atoms with Crippen LogP contribution < -0.4 is 10.6 Å². The van der Waals surface area contributed by atoms with Crippen molar-refractivity contribution in [3.8, 4) is 0 Å². The van der Waals surface area contributed by atoms with Crippen LogP contribution in [0.4, 0.5) is 5.69 Å². The van der Waals surface area contributed by atoms with Crippen molar-refractivity contribution in [2.24, 2.45) is 0 Å². The first-order valence-electron chi connectivity index (χ1n) is 10.6. The van der Waals surface area contributed by atoms with Crippen molar-refractivity contribution in [3.05, 3.63) is 29.8 Å². The number of hydrogen-bond acceptors (Lipinski definition) is 4. The largest absolute Gasteiger partial charge is 0.350 e. The van der Waals surface area contributed by atoms with E-state index in [0.717, 1.165) is 38.3 Å². The fraction of sp³-hybridized carbons (Fsp3) is 0.652. The Hall–Kier alpha value is -1.92. The van der Waals surface area contributed by atoms with E-state index in [1.807, 2.05) is 32.9 Å². The molecule has 0 unspecified atom stereocenters. The van der Waals surface area contributed by atoms with Gasteiger partial charge in [0, 0.05) is 24.3 Å². The van der Waals surface area contributed by atoms with Gasteiger partial charge >= 0.3 is 0 Å². The van der Waals surface area contributed by atoms with Gasteiger partial charge in [0.1, 0.15) is 0 Å². The number of amides is 2. The summed E-state index contributed by atoms with van der Waals surface area (Å²) in [6, 6.07) is 8.08. The lowest BCUT2D eigenvalue weighted by Gasteiger charge is -2.25. The number of anilines is 1. The van der Waals surface area contributed by atoms with Crippen LogP contribution in [-0.2, 0) is 15.0 Å². The van der Waals surface area contributed by atoms with Crippen LogP contribution in [0, 0.1) is 0 Å². The van der Waals surface area contributed by atoms with Crippen molar-refractivity contribution in [1.82, 2.24) is 15.1 Å². The molecule has 2 N–H and O–H groups in total. The molecular weight excluding hydrogens is 364 g/mol. The van der Waals surface area contributed by atoms with Gasteiger partial charge in [-0.15, -0.1) is 0 Å². The van der Waals surface area contributed by atoms with E-state index in [1.165, 1.54) is 5.56 Å². The first-order chi connectivity index (χ1) is 13.4. The van der Waals surface area contributed by atoms with Gasteiger partial charge in [0.05, 0.1) is 13.1 Å². The van der Waals surface area contributed by atoms with Crippen LogP contribution in [0.5, 0.6) is 0 Å². The maximum absolute atomic E-state index is 12.5. The number of rotatable bonds is 5. The standard InChI is InChI=1S/C23H38N4O2/c1-22(2,3)18-8-10-19(11-9-18)24-20(28)16-26-12-7-13-27(15-14-26)17-21(29)25-23(4,5)6/h8-11H,7,12-17H2,1-6H3,(H,24,28)(H,25,29). The van der Waals surface area contributed by atoms with Crippen molar-refractivity contribution in [3.63, 3.8) is 0 Å². The minimum Gasteiger partial charge on any atom is -0.350 e. The van der Waals surface area contributed by atoms with E-state index in [1.54, 1.807) is 0 Å². The van der Waals surface area contributed by atoms with Gasteiger partial charge in [0.15, 0.2) is 0 Å². The highest BCUT2D eigenvalue weighted by molar-refractivity contribution is 5.92. The zero-order chi connectivity index (χ0) is 21.7. The summed E-state index contributed by atoms with van der Waals surface area (Å²) < 4.78 is 0. The molecule has 1 aromatic carbocycles. The lowest BCUT2D eigenvalue weighted by atomic mass is 9.87. The molecule has 1 heterocycles. The fourth-order valence-corrected chi connectivity index (χ4v) is 3.46. The Kier molecular flexibility index (Phi) is 7.83. The van der Waals surface area contributed by atoms with Crippen molar-refractivity contribution < 1.29 is 9.59 Å². The van der Waals surface area contributed by atoms with Crippen LogP contribution in [-0.4, -0.2) is 66.4 Å². The number of hydrogen-bond donors (Lipinski definition) is 2. The van der Waals surface area contributed by atoms with Gasteiger partial charge in [0.25, 0.3) is 0 Å². The molecule has 0 aliphatic carbocycles. The van der Waals surface area contributed by atoms with Crippen molar-refractivity contribution in [2.75, 3.05) is 44.6 Å². The average Bonchev–Trinajstić information content (AvgIpc) is 2.78. The number of nitrogens with one attached hydrogen (secondary N) is 2. The Labute approximate surface area is 176 Å². The third-order valence-corrected chi connectivity index (χ3v) is 4.96. The second kappa shape index (κ2) is 9.72. The minimum atomic E-state index is -0.210. The molecule has 6 heteroatoms. The molecule has 29 heavy (non-hydrogen) atoms. The van der Waals surface area contributed by atoms with Gasteiger partial charge in [-0.2, -0.15) is 0 Å². The van der Waals surface area contributed by atoms with Crippen molar-refractivity contribution in [2.45, 2.75) is 58.9 Å². The molecular formula is C23H38N4O2. The number of benzene rings is 1. The van der Waals surface area contributed by atoms with E-state index in [9.17, 15) is 9.59 Å². The Morgan fingerprint density at radius 1 is 0.828 bits per heavy atom. The molecule has 162 valence electrons. The zero-order valence-electron chi connectivity index (χ0n) is 19.0. The molecule has 6 nitrogen and oxygen atoms in total. The molecule has 0 radical (unpaired) electrons. The predicted octanol–water partition coefficient (Wildman–Crippen LogP) is 2.85. The Balaban J connectivity index is 1.79. The highest BCUT2D eigenvalue weighted by Crippen LogP contribution is 2.23. The number of carbonyl (C=O) groups is 2. The lowest BCUT2D eigenvalue weighted by molar-refractivity contribution is -0.123. The van der Waals surface area contributed by atoms with Crippen molar-refractivity contribution in [1.29, 1.82) is 0 Å². The molecule has 0 aromatic heterocycles. The van der Waals surface area contributed by atoms with Gasteiger partial charge in [-0.25, -0.2) is 0 Å². The van der Waals surface area contributed by atoms with Crippen LogP contribution in [0.1, 0.15) is 53.5 Å². The van der Waals surface area contributed by atoms with Gasteiger partial charge in [0.2, 0.25) is 11.8 Å². The van der Waals surface area contributed by atoms with E-state index in [4.69, 9.17) is 0 Å². The molecule has 1 saturated heterocycles. The van der Waals surface area contributed by atoms with E-state index in [0.29, 0.717) is 13.1 Å². The van der Waals surface area contributed by atoms with E-state index in [2.05, 4.69) is 53.3 Å². The van der Waals surface area contributed by atoms with Gasteiger partial charge in [-0.05, 0) is 63.4 Å². The third-order valence-electron chi connectivity index (χ3n) is 4.96. The lowest BCUT2D eigenvalue weighted by Crippen LogP contribution is -2.46. The first kappa shape index (κ1) is 23.4. The Morgan fingerprint density at radius 3 is 1.83 bits per heavy atom. The summed E-state index contributed by atoms with van der Waals surface area (Å²) in [6.07, 6.45) is 0.955. The van der Waals surface area contributed by atoms with Crippen LogP contribution in [0.3, 0.4) is 0 Å². The summed E-state index contributed by atoms with van der Waals surface area (Å²) in [6.45, 7) is 16.6. The quantitative estimate of drug-likeness (QED) is 0.795. The van der Waals surface area contributed by atoms with Crippen LogP contribution in [0.25, 0.3) is 0 Å². The van der Waals surface area contributed by atoms with Crippen LogP contribution in [0.15, 0.2) is 24.3 Å². The highest BCUT2D eigenvalue weighted by atomic mass is 16.2. The van der Waals surface area contributed by atoms with E-state index < -0.39 is 0 Å². The Bertz CT molecular complexity index is 686. The van der Waals surface area contributed by atoms with Crippen molar-refractivity contribution >= 4 is 17.5 Å². The second-order valence-electron chi connectivity index (χ2n) is 10.1. The molecule has 0 spiro atoms. The normalized spacial score (nSPS) is 16.9. The summed E-state index contributed by atoms with van der Waals surface area (Å²) in [5.41, 5.74) is 1.97.